The van der Waals surface area contributed by atoms with Crippen LogP contribution in [-0.4, -0.2) is 27.0 Å². The zero-order valence-electron chi connectivity index (χ0n) is 14.7. The van der Waals surface area contributed by atoms with Gasteiger partial charge in [0.1, 0.15) is 5.75 Å². The molecule has 0 bridgehead atoms. The Morgan fingerprint density at radius 1 is 1.04 bits per heavy atom. The first-order chi connectivity index (χ1) is 11.6. The minimum atomic E-state index is -3.71. The molecule has 0 aliphatic carbocycles. The smallest absolute Gasteiger partial charge is 0.255 e. The van der Waals surface area contributed by atoms with E-state index >= 15 is 0 Å². The highest BCUT2D eigenvalue weighted by Crippen LogP contribution is 2.19. The van der Waals surface area contributed by atoms with Crippen LogP contribution in [0, 0.1) is 0 Å². The molecule has 2 aromatic carbocycles. The van der Waals surface area contributed by atoms with Crippen LogP contribution in [0.5, 0.6) is 5.75 Å². The molecule has 0 spiro atoms. The van der Waals surface area contributed by atoms with Gasteiger partial charge in [-0.05, 0) is 51.1 Å². The molecular weight excluding hydrogens is 340 g/mol. The Bertz CT molecular complexity index is 871. The Hall–Kier alpha value is -2.38. The van der Waals surface area contributed by atoms with Gasteiger partial charge in [0.05, 0.1) is 12.0 Å². The lowest BCUT2D eigenvalue weighted by molar-refractivity contribution is 0.102. The van der Waals surface area contributed by atoms with E-state index in [1.807, 2.05) is 0 Å². The second kappa shape index (κ2) is 7.25. The number of sulfonamides is 1. The van der Waals surface area contributed by atoms with Crippen molar-refractivity contribution in [3.05, 3.63) is 54.1 Å². The lowest BCUT2D eigenvalue weighted by Crippen LogP contribution is -2.40. The molecule has 0 unspecified atom stereocenters. The molecule has 25 heavy (non-hydrogen) atoms. The van der Waals surface area contributed by atoms with Gasteiger partial charge in [-0.3, -0.25) is 4.79 Å². The summed E-state index contributed by atoms with van der Waals surface area (Å²) in [5.41, 5.74) is 0.197. The van der Waals surface area contributed by atoms with Crippen molar-refractivity contribution < 1.29 is 17.9 Å². The number of benzene rings is 2. The first-order valence-electron chi connectivity index (χ1n) is 7.70. The summed E-state index contributed by atoms with van der Waals surface area (Å²) in [6, 6.07) is 12.8. The molecule has 0 radical (unpaired) electrons. The van der Waals surface area contributed by atoms with Crippen molar-refractivity contribution >= 4 is 21.6 Å². The van der Waals surface area contributed by atoms with Gasteiger partial charge in [-0.25, -0.2) is 13.1 Å². The number of amides is 1. The first-order valence-corrected chi connectivity index (χ1v) is 9.18. The summed E-state index contributed by atoms with van der Waals surface area (Å²) >= 11 is 0. The van der Waals surface area contributed by atoms with E-state index in [4.69, 9.17) is 4.74 Å². The lowest BCUT2D eigenvalue weighted by Gasteiger charge is -2.20. The molecule has 6 nitrogen and oxygen atoms in total. The summed E-state index contributed by atoms with van der Waals surface area (Å²) in [6.07, 6.45) is 0. The van der Waals surface area contributed by atoms with Crippen molar-refractivity contribution in [2.75, 3.05) is 12.4 Å². The molecule has 0 aromatic heterocycles. The standard InChI is InChI=1S/C18H22N2O4S/c1-18(2,3)20-25(22,23)16-10-5-7-13(11-16)17(21)19-14-8-6-9-15(12-14)24-4/h5-12,20H,1-4H3,(H,19,21). The van der Waals surface area contributed by atoms with Crippen molar-refractivity contribution in [1.29, 1.82) is 0 Å². The number of rotatable bonds is 5. The van der Waals surface area contributed by atoms with Crippen LogP contribution in [0.3, 0.4) is 0 Å². The predicted molar refractivity (Wildman–Crippen MR) is 97.5 cm³/mol. The van der Waals surface area contributed by atoms with Crippen LogP contribution in [0.4, 0.5) is 5.69 Å². The minimum absolute atomic E-state index is 0.0423. The molecular formula is C18H22N2O4S. The maximum atomic E-state index is 12.4. The molecule has 2 aromatic rings. The molecule has 0 saturated carbocycles. The molecule has 2 N–H and O–H groups in total. The number of hydrogen-bond donors (Lipinski definition) is 2. The van der Waals surface area contributed by atoms with Gasteiger partial charge >= 0.3 is 0 Å². The van der Waals surface area contributed by atoms with Crippen molar-refractivity contribution in [2.45, 2.75) is 31.2 Å². The minimum Gasteiger partial charge on any atom is -0.497 e. The fourth-order valence-electron chi connectivity index (χ4n) is 2.17. The molecule has 0 heterocycles. The van der Waals surface area contributed by atoms with Crippen LogP contribution in [0.15, 0.2) is 53.4 Å². The van der Waals surface area contributed by atoms with Crippen molar-refractivity contribution in [1.82, 2.24) is 4.72 Å². The average molecular weight is 362 g/mol. The van der Waals surface area contributed by atoms with E-state index in [1.54, 1.807) is 51.1 Å². The van der Waals surface area contributed by atoms with Crippen molar-refractivity contribution in [3.63, 3.8) is 0 Å². The highest BCUT2D eigenvalue weighted by atomic mass is 32.2. The summed E-state index contributed by atoms with van der Waals surface area (Å²) in [7, 11) is -2.17. The Morgan fingerprint density at radius 2 is 1.72 bits per heavy atom. The number of anilines is 1. The number of methoxy groups -OCH3 is 1. The predicted octanol–water partition coefficient (Wildman–Crippen LogP) is 3.02. The van der Waals surface area contributed by atoms with Crippen LogP contribution in [0.25, 0.3) is 0 Å². The van der Waals surface area contributed by atoms with E-state index < -0.39 is 21.5 Å². The molecule has 0 saturated heterocycles. The van der Waals surface area contributed by atoms with Crippen LogP contribution in [0.1, 0.15) is 31.1 Å². The van der Waals surface area contributed by atoms with E-state index in [0.717, 1.165) is 0 Å². The number of nitrogens with one attached hydrogen (secondary N) is 2. The number of carbonyl (C=O) groups is 1. The van der Waals surface area contributed by atoms with E-state index in [9.17, 15) is 13.2 Å². The third-order valence-electron chi connectivity index (χ3n) is 3.17. The van der Waals surface area contributed by atoms with Crippen LogP contribution in [0.2, 0.25) is 0 Å². The summed E-state index contributed by atoms with van der Waals surface area (Å²) in [5.74, 6) is 0.213. The SMILES string of the molecule is COc1cccc(NC(=O)c2cccc(S(=O)(=O)NC(C)(C)C)c2)c1. The molecule has 134 valence electrons. The average Bonchev–Trinajstić information content (AvgIpc) is 2.53. The van der Waals surface area contributed by atoms with Gasteiger partial charge in [0, 0.05) is 22.9 Å². The maximum Gasteiger partial charge on any atom is 0.255 e. The second-order valence-corrected chi connectivity index (χ2v) is 8.25. The van der Waals surface area contributed by atoms with Gasteiger partial charge in [-0.1, -0.05) is 12.1 Å². The Kier molecular flexibility index (Phi) is 5.49. The molecule has 1 amide bonds. The summed E-state index contributed by atoms with van der Waals surface area (Å²) < 4.78 is 32.5. The van der Waals surface area contributed by atoms with Crippen LogP contribution >= 0.6 is 0 Å². The number of carbonyl (C=O) groups excluding carboxylic acids is 1. The largest absolute Gasteiger partial charge is 0.497 e. The van der Waals surface area contributed by atoms with E-state index in [1.165, 1.54) is 25.3 Å². The van der Waals surface area contributed by atoms with Gasteiger partial charge < -0.3 is 10.1 Å². The monoisotopic (exact) mass is 362 g/mol. The Morgan fingerprint density at radius 3 is 2.36 bits per heavy atom. The number of hydrogen-bond acceptors (Lipinski definition) is 4. The first kappa shape index (κ1) is 19.0. The van der Waals surface area contributed by atoms with Gasteiger partial charge in [0.15, 0.2) is 0 Å². The quantitative estimate of drug-likeness (QED) is 0.856. The van der Waals surface area contributed by atoms with Crippen LogP contribution in [-0.2, 0) is 10.0 Å². The van der Waals surface area contributed by atoms with Crippen LogP contribution < -0.4 is 14.8 Å². The molecule has 0 fully saturated rings. The zero-order chi connectivity index (χ0) is 18.7. The zero-order valence-corrected chi connectivity index (χ0v) is 15.5. The fourth-order valence-corrected chi connectivity index (χ4v) is 3.63. The summed E-state index contributed by atoms with van der Waals surface area (Å²) in [6.45, 7) is 5.26. The van der Waals surface area contributed by atoms with E-state index in [2.05, 4.69) is 10.0 Å². The van der Waals surface area contributed by atoms with Gasteiger partial charge in [0.2, 0.25) is 10.0 Å². The normalized spacial score (nSPS) is 11.8. The fraction of sp³-hybridized carbons (Fsp3) is 0.278. The summed E-state index contributed by atoms with van der Waals surface area (Å²) in [4.78, 5) is 12.5. The highest BCUT2D eigenvalue weighted by Gasteiger charge is 2.22. The Labute approximate surface area is 148 Å². The molecule has 2 rings (SSSR count). The summed E-state index contributed by atoms with van der Waals surface area (Å²) in [5, 5.41) is 2.73. The van der Waals surface area contributed by atoms with Gasteiger partial charge in [-0.15, -0.1) is 0 Å². The van der Waals surface area contributed by atoms with Crippen molar-refractivity contribution in [3.8, 4) is 5.75 Å². The van der Waals surface area contributed by atoms with E-state index in [-0.39, 0.29) is 10.5 Å². The Balaban J connectivity index is 2.24. The van der Waals surface area contributed by atoms with Crippen molar-refractivity contribution in [2.24, 2.45) is 0 Å². The van der Waals surface area contributed by atoms with E-state index in [0.29, 0.717) is 11.4 Å². The number of ether oxygens (including phenoxy) is 1. The molecule has 0 atom stereocenters. The second-order valence-electron chi connectivity index (χ2n) is 6.57. The molecule has 7 heteroatoms. The maximum absolute atomic E-state index is 12.4. The topological polar surface area (TPSA) is 84.5 Å². The molecule has 0 aliphatic heterocycles. The van der Waals surface area contributed by atoms with Gasteiger partial charge in [0.25, 0.3) is 5.91 Å². The lowest BCUT2D eigenvalue weighted by atomic mass is 10.1. The van der Waals surface area contributed by atoms with Gasteiger partial charge in [-0.2, -0.15) is 0 Å². The molecule has 0 aliphatic rings. The third kappa shape index (κ3) is 5.30. The third-order valence-corrected chi connectivity index (χ3v) is 4.93. The highest BCUT2D eigenvalue weighted by molar-refractivity contribution is 7.89.